The number of hydrogen-bond donors (Lipinski definition) is 2. The number of rotatable bonds is 2. The molecule has 2 heterocycles. The van der Waals surface area contributed by atoms with E-state index in [9.17, 15) is 0 Å². The third-order valence-electron chi connectivity index (χ3n) is 2.41. The lowest BCUT2D eigenvalue weighted by Gasteiger charge is -2.06. The standard InChI is InChI=1S/C8H14N4S/c1-12-3-2-6(4-12)8-10-7(11-9)5-13-8/h5-6,11H,2-4,9H2,1H3. The molecule has 1 atom stereocenters. The Balaban J connectivity index is 2.08. The second-order valence-corrected chi connectivity index (χ2v) is 4.35. The van der Waals surface area contributed by atoms with Crippen LogP contribution in [0.5, 0.6) is 0 Å². The van der Waals surface area contributed by atoms with E-state index in [0.29, 0.717) is 5.92 Å². The van der Waals surface area contributed by atoms with Crippen molar-refractivity contribution >= 4 is 17.2 Å². The van der Waals surface area contributed by atoms with Gasteiger partial charge in [-0.05, 0) is 20.0 Å². The summed E-state index contributed by atoms with van der Waals surface area (Å²) in [5.74, 6) is 6.67. The number of anilines is 1. The number of likely N-dealkylation sites (tertiary alicyclic amines) is 1. The monoisotopic (exact) mass is 198 g/mol. The number of nitrogens with zero attached hydrogens (tertiary/aromatic N) is 2. The molecule has 1 unspecified atom stereocenters. The number of hydrogen-bond acceptors (Lipinski definition) is 5. The maximum absolute atomic E-state index is 5.27. The summed E-state index contributed by atoms with van der Waals surface area (Å²) >= 11 is 1.69. The van der Waals surface area contributed by atoms with E-state index in [-0.39, 0.29) is 0 Å². The van der Waals surface area contributed by atoms with Gasteiger partial charge in [0.05, 0.1) is 5.01 Å². The summed E-state index contributed by atoms with van der Waals surface area (Å²) in [6.45, 7) is 2.30. The molecule has 0 aromatic carbocycles. The van der Waals surface area contributed by atoms with Crippen molar-refractivity contribution in [1.82, 2.24) is 9.88 Å². The van der Waals surface area contributed by atoms with E-state index in [1.165, 1.54) is 18.0 Å². The van der Waals surface area contributed by atoms with Gasteiger partial charge in [0.2, 0.25) is 0 Å². The van der Waals surface area contributed by atoms with Gasteiger partial charge in [0.1, 0.15) is 0 Å². The highest BCUT2D eigenvalue weighted by molar-refractivity contribution is 7.10. The van der Waals surface area contributed by atoms with Gasteiger partial charge in [0.25, 0.3) is 0 Å². The molecule has 4 nitrogen and oxygen atoms in total. The molecule has 1 aromatic heterocycles. The molecule has 1 aromatic rings. The first-order chi connectivity index (χ1) is 6.29. The second kappa shape index (κ2) is 3.61. The first kappa shape index (κ1) is 8.93. The zero-order valence-corrected chi connectivity index (χ0v) is 8.47. The minimum Gasteiger partial charge on any atom is -0.308 e. The number of hydrazine groups is 1. The van der Waals surface area contributed by atoms with Gasteiger partial charge < -0.3 is 10.3 Å². The van der Waals surface area contributed by atoms with Crippen molar-refractivity contribution in [3.63, 3.8) is 0 Å². The summed E-state index contributed by atoms with van der Waals surface area (Å²) in [6, 6.07) is 0. The molecule has 5 heteroatoms. The van der Waals surface area contributed by atoms with Crippen molar-refractivity contribution in [1.29, 1.82) is 0 Å². The molecule has 0 radical (unpaired) electrons. The lowest BCUT2D eigenvalue weighted by Crippen LogP contribution is -2.13. The highest BCUT2D eigenvalue weighted by Crippen LogP contribution is 2.29. The Bertz CT molecular complexity index is 285. The summed E-state index contributed by atoms with van der Waals surface area (Å²) in [6.07, 6.45) is 1.22. The van der Waals surface area contributed by atoms with Gasteiger partial charge in [-0.3, -0.25) is 0 Å². The number of aromatic nitrogens is 1. The fourth-order valence-corrected chi connectivity index (χ4v) is 2.57. The molecule has 0 aliphatic carbocycles. The van der Waals surface area contributed by atoms with Crippen LogP contribution in [0.2, 0.25) is 0 Å². The molecule has 1 aliphatic heterocycles. The third kappa shape index (κ3) is 1.82. The van der Waals surface area contributed by atoms with Crippen LogP contribution in [0, 0.1) is 0 Å². The van der Waals surface area contributed by atoms with E-state index in [2.05, 4.69) is 22.4 Å². The van der Waals surface area contributed by atoms with Crippen LogP contribution in [0.3, 0.4) is 0 Å². The van der Waals surface area contributed by atoms with Crippen LogP contribution < -0.4 is 11.3 Å². The zero-order chi connectivity index (χ0) is 9.26. The van der Waals surface area contributed by atoms with E-state index < -0.39 is 0 Å². The zero-order valence-electron chi connectivity index (χ0n) is 7.66. The lowest BCUT2D eigenvalue weighted by atomic mass is 10.1. The summed E-state index contributed by atoms with van der Waals surface area (Å²) in [5.41, 5.74) is 2.57. The van der Waals surface area contributed by atoms with Crippen molar-refractivity contribution < 1.29 is 0 Å². The molecule has 1 fully saturated rings. The normalized spacial score (nSPS) is 23.7. The molecule has 3 N–H and O–H groups in total. The maximum atomic E-state index is 5.27. The molecular formula is C8H14N4S. The fourth-order valence-electron chi connectivity index (χ4n) is 1.68. The van der Waals surface area contributed by atoms with Crippen LogP contribution in [0.4, 0.5) is 5.82 Å². The van der Waals surface area contributed by atoms with E-state index in [1.807, 2.05) is 5.38 Å². The third-order valence-corrected chi connectivity index (χ3v) is 3.42. The van der Waals surface area contributed by atoms with Gasteiger partial charge in [0, 0.05) is 17.8 Å². The quantitative estimate of drug-likeness (QED) is 0.546. The van der Waals surface area contributed by atoms with E-state index in [4.69, 9.17) is 5.84 Å². The van der Waals surface area contributed by atoms with Gasteiger partial charge >= 0.3 is 0 Å². The number of nitrogens with one attached hydrogen (secondary N) is 1. The van der Waals surface area contributed by atoms with Crippen LogP contribution in [-0.4, -0.2) is 30.0 Å². The summed E-state index contributed by atoms with van der Waals surface area (Å²) in [4.78, 5) is 6.74. The van der Waals surface area contributed by atoms with E-state index >= 15 is 0 Å². The smallest absolute Gasteiger partial charge is 0.151 e. The van der Waals surface area contributed by atoms with Crippen molar-refractivity contribution in [3.8, 4) is 0 Å². The SMILES string of the molecule is CN1CCC(c2nc(NN)cs2)C1. The van der Waals surface area contributed by atoms with Crippen molar-refractivity contribution in [2.75, 3.05) is 25.6 Å². The van der Waals surface area contributed by atoms with Gasteiger partial charge in [-0.2, -0.15) is 0 Å². The average molecular weight is 198 g/mol. The number of nitrogen functional groups attached to an aromatic ring is 1. The van der Waals surface area contributed by atoms with E-state index in [1.54, 1.807) is 11.3 Å². The van der Waals surface area contributed by atoms with Crippen molar-refractivity contribution in [2.45, 2.75) is 12.3 Å². The Morgan fingerprint density at radius 3 is 3.15 bits per heavy atom. The van der Waals surface area contributed by atoms with Gasteiger partial charge in [-0.25, -0.2) is 10.8 Å². The first-order valence-electron chi connectivity index (χ1n) is 4.40. The van der Waals surface area contributed by atoms with Crippen molar-refractivity contribution in [3.05, 3.63) is 10.4 Å². The van der Waals surface area contributed by atoms with Gasteiger partial charge in [0.15, 0.2) is 5.82 Å². The van der Waals surface area contributed by atoms with Crippen LogP contribution in [0.15, 0.2) is 5.38 Å². The maximum Gasteiger partial charge on any atom is 0.151 e. The average Bonchev–Trinajstić information content (AvgIpc) is 2.71. The molecular weight excluding hydrogens is 184 g/mol. The summed E-state index contributed by atoms with van der Waals surface area (Å²) in [7, 11) is 2.15. The molecule has 0 spiro atoms. The number of nitrogens with two attached hydrogens (primary N) is 1. The topological polar surface area (TPSA) is 54.2 Å². The molecule has 2 rings (SSSR count). The predicted octanol–water partition coefficient (Wildman–Crippen LogP) is 0.848. The van der Waals surface area contributed by atoms with Crippen LogP contribution in [0.1, 0.15) is 17.3 Å². The Hall–Kier alpha value is -0.650. The molecule has 0 bridgehead atoms. The minimum atomic E-state index is 0.608. The van der Waals surface area contributed by atoms with Crippen LogP contribution >= 0.6 is 11.3 Å². The van der Waals surface area contributed by atoms with Gasteiger partial charge in [-0.1, -0.05) is 0 Å². The van der Waals surface area contributed by atoms with Gasteiger partial charge in [-0.15, -0.1) is 11.3 Å². The second-order valence-electron chi connectivity index (χ2n) is 3.46. The minimum absolute atomic E-state index is 0.608. The van der Waals surface area contributed by atoms with E-state index in [0.717, 1.165) is 12.4 Å². The molecule has 0 saturated carbocycles. The number of likely N-dealkylation sites (N-methyl/N-ethyl adjacent to an activating group) is 1. The molecule has 13 heavy (non-hydrogen) atoms. The molecule has 1 aliphatic rings. The highest BCUT2D eigenvalue weighted by atomic mass is 32.1. The number of thiazole rings is 1. The molecule has 1 saturated heterocycles. The lowest BCUT2D eigenvalue weighted by molar-refractivity contribution is 0.411. The summed E-state index contributed by atoms with van der Waals surface area (Å²) < 4.78 is 0. The first-order valence-corrected chi connectivity index (χ1v) is 5.28. The summed E-state index contributed by atoms with van der Waals surface area (Å²) in [5, 5.41) is 3.17. The highest BCUT2D eigenvalue weighted by Gasteiger charge is 2.23. The van der Waals surface area contributed by atoms with Crippen molar-refractivity contribution in [2.24, 2.45) is 5.84 Å². The largest absolute Gasteiger partial charge is 0.308 e. The molecule has 72 valence electrons. The Labute approximate surface area is 81.7 Å². The predicted molar refractivity (Wildman–Crippen MR) is 54.8 cm³/mol. The fraction of sp³-hybridized carbons (Fsp3) is 0.625. The van der Waals surface area contributed by atoms with Crippen LogP contribution in [-0.2, 0) is 0 Å². The van der Waals surface area contributed by atoms with Crippen LogP contribution in [0.25, 0.3) is 0 Å². The Morgan fingerprint density at radius 1 is 1.77 bits per heavy atom. The Kier molecular flexibility index (Phi) is 2.48. The molecule has 0 amide bonds. The Morgan fingerprint density at radius 2 is 2.62 bits per heavy atom.